The summed E-state index contributed by atoms with van der Waals surface area (Å²) in [5.41, 5.74) is 3.30. The average Bonchev–Trinajstić information content (AvgIpc) is 2.85. The Labute approximate surface area is 193 Å². The number of carbonyl (C=O) groups is 1. The van der Waals surface area contributed by atoms with E-state index < -0.39 is 5.82 Å². The summed E-state index contributed by atoms with van der Waals surface area (Å²) in [5.74, 6) is 0.111. The number of carbonyl (C=O) groups excluding carboxylic acids is 1. The summed E-state index contributed by atoms with van der Waals surface area (Å²) in [6, 6.07) is 13.2. The first-order valence-corrected chi connectivity index (χ1v) is 11.0. The number of allylic oxidation sites excluding steroid dienone is 1. The Balaban J connectivity index is 1.62. The standard InChI is InChI=1S/C26H27FN4O2/c1-3-22(32)13-18-12-19(15-23(14-18)33-2)25-24(27)17-28-26(30-25)29-20-8-7-9-21(16-20)31-10-5-4-6-11-31/h3,7-9,12,14-17H,1,4-6,10-11,13H2,2H3,(H,28,29,30). The first-order valence-electron chi connectivity index (χ1n) is 11.0. The van der Waals surface area contributed by atoms with Crippen molar-refractivity contribution in [2.24, 2.45) is 0 Å². The van der Waals surface area contributed by atoms with Crippen LogP contribution in [0.5, 0.6) is 5.75 Å². The van der Waals surface area contributed by atoms with Crippen molar-refractivity contribution in [3.63, 3.8) is 0 Å². The second-order valence-corrected chi connectivity index (χ2v) is 8.03. The van der Waals surface area contributed by atoms with E-state index in [0.717, 1.165) is 30.7 Å². The van der Waals surface area contributed by atoms with E-state index in [0.29, 0.717) is 16.9 Å². The highest BCUT2D eigenvalue weighted by atomic mass is 19.1. The maximum atomic E-state index is 14.7. The van der Waals surface area contributed by atoms with Gasteiger partial charge in [-0.15, -0.1) is 0 Å². The number of ether oxygens (including phenoxy) is 1. The first-order chi connectivity index (χ1) is 16.1. The summed E-state index contributed by atoms with van der Waals surface area (Å²) in [6.07, 6.45) is 6.23. The Morgan fingerprint density at radius 2 is 2.03 bits per heavy atom. The van der Waals surface area contributed by atoms with Crippen molar-refractivity contribution in [3.8, 4) is 17.0 Å². The van der Waals surface area contributed by atoms with Gasteiger partial charge in [-0.1, -0.05) is 12.6 Å². The molecule has 1 N–H and O–H groups in total. The number of nitrogens with zero attached hydrogens (tertiary/aromatic N) is 3. The van der Waals surface area contributed by atoms with E-state index in [1.165, 1.54) is 32.4 Å². The molecule has 2 aromatic carbocycles. The predicted molar refractivity (Wildman–Crippen MR) is 129 cm³/mol. The van der Waals surface area contributed by atoms with Gasteiger partial charge in [0.05, 0.1) is 13.3 Å². The van der Waals surface area contributed by atoms with Gasteiger partial charge in [-0.3, -0.25) is 4.79 Å². The fourth-order valence-corrected chi connectivity index (χ4v) is 3.98. The SMILES string of the molecule is C=CC(=O)Cc1cc(OC)cc(-c2nc(Nc3cccc(N4CCCCC4)c3)ncc2F)c1. The Bertz CT molecular complexity index is 1160. The zero-order chi connectivity index (χ0) is 23.2. The number of aromatic nitrogens is 2. The smallest absolute Gasteiger partial charge is 0.227 e. The zero-order valence-electron chi connectivity index (χ0n) is 18.7. The van der Waals surface area contributed by atoms with Crippen molar-refractivity contribution >= 4 is 23.1 Å². The van der Waals surface area contributed by atoms with Crippen LogP contribution in [0.4, 0.5) is 21.7 Å². The van der Waals surface area contributed by atoms with E-state index in [4.69, 9.17) is 4.74 Å². The zero-order valence-corrected chi connectivity index (χ0v) is 18.7. The second-order valence-electron chi connectivity index (χ2n) is 8.03. The third-order valence-electron chi connectivity index (χ3n) is 5.65. The van der Waals surface area contributed by atoms with Gasteiger partial charge in [-0.25, -0.2) is 14.4 Å². The van der Waals surface area contributed by atoms with Crippen LogP contribution in [0.2, 0.25) is 0 Å². The van der Waals surface area contributed by atoms with E-state index in [1.54, 1.807) is 18.2 Å². The summed E-state index contributed by atoms with van der Waals surface area (Å²) in [7, 11) is 1.52. The number of methoxy groups -OCH3 is 1. The highest BCUT2D eigenvalue weighted by molar-refractivity contribution is 5.91. The summed E-state index contributed by atoms with van der Waals surface area (Å²) < 4.78 is 20.1. The van der Waals surface area contributed by atoms with Gasteiger partial charge in [0.25, 0.3) is 0 Å². The molecule has 0 bridgehead atoms. The number of benzene rings is 2. The Hall–Kier alpha value is -3.74. The van der Waals surface area contributed by atoms with Gasteiger partial charge in [-0.2, -0.15) is 0 Å². The number of hydrogen-bond donors (Lipinski definition) is 1. The van der Waals surface area contributed by atoms with Crippen LogP contribution in [0.3, 0.4) is 0 Å². The lowest BCUT2D eigenvalue weighted by molar-refractivity contribution is -0.114. The third kappa shape index (κ3) is 5.55. The topological polar surface area (TPSA) is 67.3 Å². The molecule has 1 aromatic heterocycles. The number of rotatable bonds is 8. The monoisotopic (exact) mass is 446 g/mol. The van der Waals surface area contributed by atoms with Gasteiger partial charge in [0.15, 0.2) is 11.6 Å². The summed E-state index contributed by atoms with van der Waals surface area (Å²) in [5, 5.41) is 3.19. The molecule has 0 spiro atoms. The quantitative estimate of drug-likeness (QED) is 0.472. The summed E-state index contributed by atoms with van der Waals surface area (Å²) in [6.45, 7) is 5.61. The molecule has 4 rings (SSSR count). The van der Waals surface area contributed by atoms with Gasteiger partial charge >= 0.3 is 0 Å². The maximum absolute atomic E-state index is 14.7. The molecule has 7 heteroatoms. The minimum Gasteiger partial charge on any atom is -0.497 e. The van der Waals surface area contributed by atoms with Crippen molar-refractivity contribution in [2.45, 2.75) is 25.7 Å². The molecule has 0 radical (unpaired) electrons. The molecule has 0 atom stereocenters. The van der Waals surface area contributed by atoms with Gasteiger partial charge in [0, 0.05) is 36.4 Å². The van der Waals surface area contributed by atoms with E-state index in [2.05, 4.69) is 38.9 Å². The lowest BCUT2D eigenvalue weighted by Gasteiger charge is -2.29. The lowest BCUT2D eigenvalue weighted by atomic mass is 10.0. The maximum Gasteiger partial charge on any atom is 0.227 e. The molecule has 0 aliphatic carbocycles. The van der Waals surface area contributed by atoms with Crippen LogP contribution < -0.4 is 15.0 Å². The Morgan fingerprint density at radius 3 is 2.79 bits per heavy atom. The molecule has 2 heterocycles. The molecule has 1 saturated heterocycles. The van der Waals surface area contributed by atoms with Crippen molar-refractivity contribution in [3.05, 3.63) is 72.7 Å². The number of ketones is 1. The molecule has 1 fully saturated rings. The predicted octanol–water partition coefficient (Wildman–Crippen LogP) is 5.32. The van der Waals surface area contributed by atoms with Gasteiger partial charge < -0.3 is 15.0 Å². The van der Waals surface area contributed by atoms with Crippen LogP contribution in [0.1, 0.15) is 24.8 Å². The molecule has 170 valence electrons. The first kappa shape index (κ1) is 22.5. The fourth-order valence-electron chi connectivity index (χ4n) is 3.98. The van der Waals surface area contributed by atoms with E-state index in [9.17, 15) is 9.18 Å². The molecule has 6 nitrogen and oxygen atoms in total. The second kappa shape index (κ2) is 10.3. The number of anilines is 3. The number of piperidine rings is 1. The number of halogens is 1. The number of hydrogen-bond acceptors (Lipinski definition) is 6. The fraction of sp³-hybridized carbons (Fsp3) is 0.269. The van der Waals surface area contributed by atoms with Gasteiger partial charge in [0.2, 0.25) is 5.95 Å². The Kier molecular flexibility index (Phi) is 6.98. The van der Waals surface area contributed by atoms with E-state index >= 15 is 0 Å². The van der Waals surface area contributed by atoms with Crippen LogP contribution in [0.15, 0.2) is 61.3 Å². The van der Waals surface area contributed by atoms with Crippen LogP contribution in [0, 0.1) is 5.82 Å². The van der Waals surface area contributed by atoms with Crippen LogP contribution in [-0.2, 0) is 11.2 Å². The lowest BCUT2D eigenvalue weighted by Crippen LogP contribution is -2.29. The minimum atomic E-state index is -0.558. The largest absolute Gasteiger partial charge is 0.497 e. The van der Waals surface area contributed by atoms with Gasteiger partial charge in [-0.05, 0) is 67.3 Å². The molecular weight excluding hydrogens is 419 g/mol. The molecule has 33 heavy (non-hydrogen) atoms. The highest BCUT2D eigenvalue weighted by Crippen LogP contribution is 2.29. The van der Waals surface area contributed by atoms with Crippen molar-refractivity contribution in [2.75, 3.05) is 30.4 Å². The van der Waals surface area contributed by atoms with E-state index in [1.807, 2.05) is 12.1 Å². The highest BCUT2D eigenvalue weighted by Gasteiger charge is 2.15. The third-order valence-corrected chi connectivity index (χ3v) is 5.65. The van der Waals surface area contributed by atoms with Gasteiger partial charge in [0.1, 0.15) is 11.4 Å². The van der Waals surface area contributed by atoms with Crippen LogP contribution in [0.25, 0.3) is 11.3 Å². The molecule has 3 aromatic rings. The van der Waals surface area contributed by atoms with Crippen molar-refractivity contribution in [1.82, 2.24) is 9.97 Å². The van der Waals surface area contributed by atoms with Crippen molar-refractivity contribution in [1.29, 1.82) is 0 Å². The summed E-state index contributed by atoms with van der Waals surface area (Å²) >= 11 is 0. The normalized spacial score (nSPS) is 13.5. The molecule has 1 aliphatic heterocycles. The number of nitrogens with one attached hydrogen (secondary N) is 1. The van der Waals surface area contributed by atoms with Crippen LogP contribution in [-0.4, -0.2) is 36.0 Å². The molecule has 1 aliphatic rings. The van der Waals surface area contributed by atoms with Crippen molar-refractivity contribution < 1.29 is 13.9 Å². The Morgan fingerprint density at radius 1 is 1.21 bits per heavy atom. The average molecular weight is 447 g/mol. The van der Waals surface area contributed by atoms with E-state index in [-0.39, 0.29) is 23.8 Å². The van der Waals surface area contributed by atoms with Crippen LogP contribution >= 0.6 is 0 Å². The minimum absolute atomic E-state index is 0.130. The molecule has 0 saturated carbocycles. The molecule has 0 unspecified atom stereocenters. The molecular formula is C26H27FN4O2. The molecule has 0 amide bonds. The summed E-state index contributed by atoms with van der Waals surface area (Å²) in [4.78, 5) is 22.7.